The average molecular weight is 191 g/mol. The van der Waals surface area contributed by atoms with E-state index in [1.165, 1.54) is 5.69 Å². The van der Waals surface area contributed by atoms with Gasteiger partial charge >= 0.3 is 0 Å². The summed E-state index contributed by atoms with van der Waals surface area (Å²) in [6.07, 6.45) is 0. The largest absolute Gasteiger partial charge is 0.377 e. The molecule has 1 aliphatic rings. The minimum Gasteiger partial charge on any atom is -0.377 e. The van der Waals surface area contributed by atoms with Gasteiger partial charge in [-0.25, -0.2) is 0 Å². The van der Waals surface area contributed by atoms with Crippen LogP contribution >= 0.6 is 0 Å². The van der Waals surface area contributed by atoms with Gasteiger partial charge in [0.05, 0.1) is 13.2 Å². The quantitative estimate of drug-likeness (QED) is 0.675. The predicted molar refractivity (Wildman–Crippen MR) is 58.7 cm³/mol. The molecule has 1 heterocycles. The van der Waals surface area contributed by atoms with Crippen LogP contribution in [0.15, 0.2) is 30.3 Å². The first-order valence-electron chi connectivity index (χ1n) is 5.20. The van der Waals surface area contributed by atoms with Crippen molar-refractivity contribution in [3.05, 3.63) is 30.3 Å². The van der Waals surface area contributed by atoms with Crippen LogP contribution in [0.1, 0.15) is 13.8 Å². The summed E-state index contributed by atoms with van der Waals surface area (Å²) in [4.78, 5) is 2.43. The fraction of sp³-hybridized carbons (Fsp3) is 0.500. The van der Waals surface area contributed by atoms with Crippen LogP contribution < -0.4 is 4.90 Å². The third-order valence-corrected chi connectivity index (χ3v) is 2.72. The molecule has 76 valence electrons. The minimum absolute atomic E-state index is 0.473. The van der Waals surface area contributed by atoms with Gasteiger partial charge in [-0.3, -0.25) is 0 Å². The topological polar surface area (TPSA) is 12.5 Å². The van der Waals surface area contributed by atoms with Gasteiger partial charge in [0.15, 0.2) is 0 Å². The Morgan fingerprint density at radius 2 is 1.64 bits per heavy atom. The molecule has 1 aliphatic heterocycles. The number of rotatable bonds is 1. The molecule has 2 atom stereocenters. The summed E-state index contributed by atoms with van der Waals surface area (Å²) >= 11 is 0. The second-order valence-corrected chi connectivity index (χ2v) is 3.98. The molecule has 0 saturated carbocycles. The number of hydrogen-bond acceptors (Lipinski definition) is 2. The third-order valence-electron chi connectivity index (χ3n) is 2.72. The molecule has 14 heavy (non-hydrogen) atoms. The van der Waals surface area contributed by atoms with Crippen LogP contribution in [0.2, 0.25) is 0 Å². The first kappa shape index (κ1) is 9.53. The molecule has 0 bridgehead atoms. The second kappa shape index (κ2) is 4.01. The molecular formula is C12H17NO. The molecule has 0 unspecified atom stereocenters. The van der Waals surface area contributed by atoms with E-state index in [0.29, 0.717) is 12.1 Å². The standard InChI is InChI=1S/C12H17NO/c1-10-8-14-9-11(2)13(10)12-6-4-3-5-7-12/h3-7,10-11H,8-9H2,1-2H3/t10-,11-/m1/s1. The van der Waals surface area contributed by atoms with Crippen molar-refractivity contribution in [3.63, 3.8) is 0 Å². The van der Waals surface area contributed by atoms with Gasteiger partial charge in [-0.05, 0) is 26.0 Å². The van der Waals surface area contributed by atoms with E-state index in [-0.39, 0.29) is 0 Å². The molecule has 0 radical (unpaired) electrons. The van der Waals surface area contributed by atoms with E-state index < -0.39 is 0 Å². The smallest absolute Gasteiger partial charge is 0.0668 e. The van der Waals surface area contributed by atoms with Gasteiger partial charge in [-0.2, -0.15) is 0 Å². The molecule has 2 rings (SSSR count). The fourth-order valence-electron chi connectivity index (χ4n) is 2.11. The van der Waals surface area contributed by atoms with Crippen molar-refractivity contribution in [1.82, 2.24) is 0 Å². The van der Waals surface area contributed by atoms with Crippen molar-refractivity contribution in [3.8, 4) is 0 Å². The normalized spacial score (nSPS) is 27.7. The number of nitrogens with zero attached hydrogens (tertiary/aromatic N) is 1. The highest BCUT2D eigenvalue weighted by Crippen LogP contribution is 2.22. The highest BCUT2D eigenvalue weighted by Gasteiger charge is 2.24. The summed E-state index contributed by atoms with van der Waals surface area (Å²) in [5.41, 5.74) is 1.30. The Labute approximate surface area is 85.5 Å². The Hall–Kier alpha value is -1.02. The zero-order chi connectivity index (χ0) is 9.97. The second-order valence-electron chi connectivity index (χ2n) is 3.98. The van der Waals surface area contributed by atoms with Crippen LogP contribution in [-0.2, 0) is 4.74 Å². The molecule has 1 aromatic rings. The Morgan fingerprint density at radius 3 is 2.21 bits per heavy atom. The third kappa shape index (κ3) is 1.75. The van der Waals surface area contributed by atoms with Crippen molar-refractivity contribution in [2.45, 2.75) is 25.9 Å². The SMILES string of the molecule is C[C@@H]1COC[C@@H](C)N1c1ccccc1. The first-order chi connectivity index (χ1) is 6.79. The zero-order valence-electron chi connectivity index (χ0n) is 8.81. The Balaban J connectivity index is 2.23. The van der Waals surface area contributed by atoms with Crippen LogP contribution in [0.4, 0.5) is 5.69 Å². The van der Waals surface area contributed by atoms with Crippen LogP contribution in [0.3, 0.4) is 0 Å². The van der Waals surface area contributed by atoms with Crippen LogP contribution in [0.25, 0.3) is 0 Å². The number of morpholine rings is 1. The number of ether oxygens (including phenoxy) is 1. The van der Waals surface area contributed by atoms with Crippen molar-refractivity contribution in [2.24, 2.45) is 0 Å². The molecule has 0 amide bonds. The highest BCUT2D eigenvalue weighted by molar-refractivity contribution is 5.48. The molecule has 1 aromatic carbocycles. The molecule has 2 nitrogen and oxygen atoms in total. The van der Waals surface area contributed by atoms with Crippen molar-refractivity contribution in [1.29, 1.82) is 0 Å². The number of hydrogen-bond donors (Lipinski definition) is 0. The van der Waals surface area contributed by atoms with E-state index in [1.807, 2.05) is 0 Å². The van der Waals surface area contributed by atoms with E-state index in [4.69, 9.17) is 4.74 Å². The Kier molecular flexibility index (Phi) is 2.73. The van der Waals surface area contributed by atoms with Gasteiger partial charge in [-0.1, -0.05) is 18.2 Å². The van der Waals surface area contributed by atoms with Crippen molar-refractivity contribution >= 4 is 5.69 Å². The van der Waals surface area contributed by atoms with Gasteiger partial charge in [-0.15, -0.1) is 0 Å². The molecular weight excluding hydrogens is 174 g/mol. The van der Waals surface area contributed by atoms with Crippen LogP contribution in [0.5, 0.6) is 0 Å². The number of benzene rings is 1. The lowest BCUT2D eigenvalue weighted by atomic mass is 10.1. The van der Waals surface area contributed by atoms with Gasteiger partial charge in [0.2, 0.25) is 0 Å². The van der Waals surface area contributed by atoms with E-state index >= 15 is 0 Å². The number of anilines is 1. The molecule has 0 N–H and O–H groups in total. The summed E-state index contributed by atoms with van der Waals surface area (Å²) in [6.45, 7) is 6.09. The maximum Gasteiger partial charge on any atom is 0.0668 e. The van der Waals surface area contributed by atoms with E-state index in [2.05, 4.69) is 49.1 Å². The van der Waals surface area contributed by atoms with Crippen LogP contribution in [0, 0.1) is 0 Å². The monoisotopic (exact) mass is 191 g/mol. The maximum atomic E-state index is 5.50. The molecule has 1 fully saturated rings. The molecule has 0 aromatic heterocycles. The number of para-hydroxylation sites is 1. The first-order valence-corrected chi connectivity index (χ1v) is 5.20. The maximum absolute atomic E-state index is 5.50. The van der Waals surface area contributed by atoms with Crippen LogP contribution in [-0.4, -0.2) is 25.3 Å². The zero-order valence-corrected chi connectivity index (χ0v) is 8.81. The minimum atomic E-state index is 0.473. The molecule has 2 heteroatoms. The fourth-order valence-corrected chi connectivity index (χ4v) is 2.11. The average Bonchev–Trinajstić information content (AvgIpc) is 2.19. The van der Waals surface area contributed by atoms with Gasteiger partial charge in [0.25, 0.3) is 0 Å². The lowest BCUT2D eigenvalue weighted by Crippen LogP contribution is -2.49. The predicted octanol–water partition coefficient (Wildman–Crippen LogP) is 2.30. The Bertz CT molecular complexity index is 276. The van der Waals surface area contributed by atoms with Gasteiger partial charge in [0.1, 0.15) is 0 Å². The van der Waals surface area contributed by atoms with Crippen molar-refractivity contribution < 1.29 is 4.74 Å². The summed E-state index contributed by atoms with van der Waals surface area (Å²) < 4.78 is 5.50. The summed E-state index contributed by atoms with van der Waals surface area (Å²) in [5.74, 6) is 0. The highest BCUT2D eigenvalue weighted by atomic mass is 16.5. The Morgan fingerprint density at radius 1 is 1.07 bits per heavy atom. The molecule has 0 aliphatic carbocycles. The van der Waals surface area contributed by atoms with E-state index in [9.17, 15) is 0 Å². The van der Waals surface area contributed by atoms with Crippen molar-refractivity contribution in [2.75, 3.05) is 18.1 Å². The molecule has 1 saturated heterocycles. The summed E-state index contributed by atoms with van der Waals surface area (Å²) in [5, 5.41) is 0. The molecule has 0 spiro atoms. The summed E-state index contributed by atoms with van der Waals surface area (Å²) in [6, 6.07) is 11.5. The lowest BCUT2D eigenvalue weighted by Gasteiger charge is -2.40. The van der Waals surface area contributed by atoms with Gasteiger partial charge < -0.3 is 9.64 Å². The summed E-state index contributed by atoms with van der Waals surface area (Å²) in [7, 11) is 0. The van der Waals surface area contributed by atoms with Gasteiger partial charge in [0, 0.05) is 17.8 Å². The van der Waals surface area contributed by atoms with E-state index in [0.717, 1.165) is 13.2 Å². The lowest BCUT2D eigenvalue weighted by molar-refractivity contribution is 0.0757. The van der Waals surface area contributed by atoms with E-state index in [1.54, 1.807) is 0 Å².